The molecule has 3 nitrogen and oxygen atoms in total. The van der Waals surface area contributed by atoms with Gasteiger partial charge in [0.05, 0.1) is 5.41 Å². The minimum atomic E-state index is -0.271. The van der Waals surface area contributed by atoms with Gasteiger partial charge in [0.2, 0.25) is 5.91 Å². The van der Waals surface area contributed by atoms with Crippen LogP contribution in [0.4, 0.5) is 0 Å². The smallest absolute Gasteiger partial charge is 0.227 e. The average molecular weight is 184 g/mol. The molecule has 0 saturated carbocycles. The van der Waals surface area contributed by atoms with Gasteiger partial charge in [0.25, 0.3) is 0 Å². The molecule has 1 rings (SSSR count). The molecule has 0 radical (unpaired) electrons. The van der Waals surface area contributed by atoms with E-state index in [2.05, 4.69) is 19.2 Å². The summed E-state index contributed by atoms with van der Waals surface area (Å²) in [5.41, 5.74) is 5.44. The first-order valence-corrected chi connectivity index (χ1v) is 5.09. The van der Waals surface area contributed by atoms with Crippen LogP contribution in [0.2, 0.25) is 0 Å². The number of amides is 1. The highest BCUT2D eigenvalue weighted by Gasteiger charge is 2.39. The van der Waals surface area contributed by atoms with Gasteiger partial charge in [-0.3, -0.25) is 4.79 Å². The maximum atomic E-state index is 11.7. The minimum Gasteiger partial charge on any atom is -0.356 e. The molecular formula is C10H20N2O. The number of nitrogens with one attached hydrogen (secondary N) is 1. The van der Waals surface area contributed by atoms with Crippen molar-refractivity contribution in [1.82, 2.24) is 5.32 Å². The van der Waals surface area contributed by atoms with Gasteiger partial charge in [-0.15, -0.1) is 0 Å². The van der Waals surface area contributed by atoms with Crippen LogP contribution in [-0.2, 0) is 4.79 Å². The van der Waals surface area contributed by atoms with E-state index in [-0.39, 0.29) is 11.3 Å². The Hall–Kier alpha value is -0.570. The van der Waals surface area contributed by atoms with E-state index in [1.807, 2.05) is 0 Å². The molecule has 76 valence electrons. The fourth-order valence-electron chi connectivity index (χ4n) is 2.18. The van der Waals surface area contributed by atoms with E-state index >= 15 is 0 Å². The van der Waals surface area contributed by atoms with Crippen molar-refractivity contribution < 1.29 is 4.79 Å². The Morgan fingerprint density at radius 2 is 2.31 bits per heavy atom. The minimum absolute atomic E-state index is 0.162. The van der Waals surface area contributed by atoms with Gasteiger partial charge in [0.1, 0.15) is 0 Å². The number of nitrogens with two attached hydrogens (primary N) is 1. The fraction of sp³-hybridized carbons (Fsp3) is 0.900. The Balaban J connectivity index is 2.70. The summed E-state index contributed by atoms with van der Waals surface area (Å²) >= 11 is 0. The molecule has 0 bridgehead atoms. The first-order valence-electron chi connectivity index (χ1n) is 5.09. The molecule has 0 aliphatic carbocycles. The molecule has 1 saturated heterocycles. The van der Waals surface area contributed by atoms with E-state index in [0.29, 0.717) is 12.5 Å². The van der Waals surface area contributed by atoms with Crippen molar-refractivity contribution in [2.75, 3.05) is 13.1 Å². The number of piperidine rings is 1. The van der Waals surface area contributed by atoms with Crippen molar-refractivity contribution in [3.8, 4) is 0 Å². The predicted molar refractivity (Wildman–Crippen MR) is 53.2 cm³/mol. The molecular weight excluding hydrogens is 164 g/mol. The number of hydrogen-bond acceptors (Lipinski definition) is 2. The third-order valence-corrected chi connectivity index (χ3v) is 2.79. The molecule has 1 heterocycles. The van der Waals surface area contributed by atoms with Crippen LogP contribution < -0.4 is 11.1 Å². The average Bonchev–Trinajstić information content (AvgIpc) is 2.08. The van der Waals surface area contributed by atoms with Gasteiger partial charge < -0.3 is 11.1 Å². The second-order valence-corrected chi connectivity index (χ2v) is 4.44. The number of carbonyl (C=O) groups excluding carboxylic acids is 1. The summed E-state index contributed by atoms with van der Waals surface area (Å²) in [7, 11) is 0. The Bertz CT molecular complexity index is 191. The monoisotopic (exact) mass is 184 g/mol. The maximum Gasteiger partial charge on any atom is 0.227 e. The molecule has 1 unspecified atom stereocenters. The lowest BCUT2D eigenvalue weighted by Gasteiger charge is -2.36. The normalized spacial score (nSPS) is 29.1. The molecule has 3 N–H and O–H groups in total. The summed E-state index contributed by atoms with van der Waals surface area (Å²) in [4.78, 5) is 11.7. The summed E-state index contributed by atoms with van der Waals surface area (Å²) < 4.78 is 0. The van der Waals surface area contributed by atoms with Crippen LogP contribution in [0.15, 0.2) is 0 Å². The van der Waals surface area contributed by atoms with E-state index in [1.165, 1.54) is 0 Å². The highest BCUT2D eigenvalue weighted by molar-refractivity contribution is 5.83. The Morgan fingerprint density at radius 1 is 1.62 bits per heavy atom. The lowest BCUT2D eigenvalue weighted by molar-refractivity contribution is -0.134. The third-order valence-electron chi connectivity index (χ3n) is 2.79. The SMILES string of the molecule is CC(C)CC1(CN)CCCNC1=O. The van der Waals surface area contributed by atoms with Crippen molar-refractivity contribution in [2.24, 2.45) is 17.1 Å². The number of rotatable bonds is 3. The molecule has 0 aromatic carbocycles. The molecule has 3 heteroatoms. The zero-order valence-corrected chi connectivity index (χ0v) is 8.60. The summed E-state index contributed by atoms with van der Waals surface area (Å²) in [5, 5.41) is 2.91. The van der Waals surface area contributed by atoms with Gasteiger partial charge in [-0.25, -0.2) is 0 Å². The van der Waals surface area contributed by atoms with Crippen LogP contribution in [0.25, 0.3) is 0 Å². The number of hydrogen-bond donors (Lipinski definition) is 2. The van der Waals surface area contributed by atoms with E-state index in [9.17, 15) is 4.79 Å². The Morgan fingerprint density at radius 3 is 2.77 bits per heavy atom. The van der Waals surface area contributed by atoms with Crippen molar-refractivity contribution in [3.63, 3.8) is 0 Å². The molecule has 0 aromatic heterocycles. The van der Waals surface area contributed by atoms with Gasteiger partial charge in [-0.1, -0.05) is 13.8 Å². The van der Waals surface area contributed by atoms with Crippen LogP contribution in [-0.4, -0.2) is 19.0 Å². The lowest BCUT2D eigenvalue weighted by atomic mass is 9.74. The highest BCUT2D eigenvalue weighted by atomic mass is 16.2. The standard InChI is InChI=1S/C10H20N2O/c1-8(2)6-10(7-11)4-3-5-12-9(10)13/h8H,3-7,11H2,1-2H3,(H,12,13). The molecule has 1 fully saturated rings. The Kier molecular flexibility index (Phi) is 3.31. The molecule has 0 aromatic rings. The van der Waals surface area contributed by atoms with Crippen molar-refractivity contribution in [2.45, 2.75) is 33.1 Å². The van der Waals surface area contributed by atoms with Gasteiger partial charge in [-0.05, 0) is 25.2 Å². The van der Waals surface area contributed by atoms with E-state index in [0.717, 1.165) is 25.8 Å². The topological polar surface area (TPSA) is 55.1 Å². The van der Waals surface area contributed by atoms with Crippen LogP contribution in [0.5, 0.6) is 0 Å². The predicted octanol–water partition coefficient (Wildman–Crippen LogP) is 0.888. The third kappa shape index (κ3) is 2.21. The van der Waals surface area contributed by atoms with Crippen LogP contribution >= 0.6 is 0 Å². The molecule has 1 amide bonds. The summed E-state index contributed by atoms with van der Waals surface area (Å²) in [6, 6.07) is 0. The van der Waals surface area contributed by atoms with Crippen LogP contribution in [0, 0.1) is 11.3 Å². The molecule has 1 atom stereocenters. The first-order chi connectivity index (χ1) is 6.10. The first kappa shape index (κ1) is 10.5. The molecule has 13 heavy (non-hydrogen) atoms. The van der Waals surface area contributed by atoms with E-state index in [4.69, 9.17) is 5.73 Å². The van der Waals surface area contributed by atoms with Gasteiger partial charge >= 0.3 is 0 Å². The van der Waals surface area contributed by atoms with Crippen LogP contribution in [0.3, 0.4) is 0 Å². The summed E-state index contributed by atoms with van der Waals surface area (Å²) in [6.45, 7) is 5.58. The van der Waals surface area contributed by atoms with E-state index in [1.54, 1.807) is 0 Å². The second-order valence-electron chi connectivity index (χ2n) is 4.44. The number of carbonyl (C=O) groups is 1. The molecule has 1 aliphatic rings. The van der Waals surface area contributed by atoms with E-state index < -0.39 is 0 Å². The lowest BCUT2D eigenvalue weighted by Crippen LogP contribution is -2.50. The van der Waals surface area contributed by atoms with Crippen LogP contribution in [0.1, 0.15) is 33.1 Å². The Labute approximate surface area is 80.1 Å². The largest absolute Gasteiger partial charge is 0.356 e. The quantitative estimate of drug-likeness (QED) is 0.684. The van der Waals surface area contributed by atoms with Gasteiger partial charge in [-0.2, -0.15) is 0 Å². The summed E-state index contributed by atoms with van der Waals surface area (Å²) in [6.07, 6.45) is 2.93. The molecule has 0 spiro atoms. The summed E-state index contributed by atoms with van der Waals surface area (Å²) in [5.74, 6) is 0.697. The zero-order chi connectivity index (χ0) is 9.90. The zero-order valence-electron chi connectivity index (χ0n) is 8.60. The molecule has 1 aliphatic heterocycles. The fourth-order valence-corrected chi connectivity index (χ4v) is 2.18. The van der Waals surface area contributed by atoms with Crippen molar-refractivity contribution in [3.05, 3.63) is 0 Å². The van der Waals surface area contributed by atoms with Crippen molar-refractivity contribution in [1.29, 1.82) is 0 Å². The van der Waals surface area contributed by atoms with Crippen molar-refractivity contribution >= 4 is 5.91 Å². The van der Waals surface area contributed by atoms with Gasteiger partial charge in [0.15, 0.2) is 0 Å². The maximum absolute atomic E-state index is 11.7. The second kappa shape index (κ2) is 4.09. The van der Waals surface area contributed by atoms with Gasteiger partial charge in [0, 0.05) is 13.1 Å². The highest BCUT2D eigenvalue weighted by Crippen LogP contribution is 2.33.